The summed E-state index contributed by atoms with van der Waals surface area (Å²) in [5.41, 5.74) is 0. The summed E-state index contributed by atoms with van der Waals surface area (Å²) in [6, 6.07) is 0. The van der Waals surface area contributed by atoms with Gasteiger partial charge >= 0.3 is 11.9 Å². The van der Waals surface area contributed by atoms with Gasteiger partial charge in [-0.25, -0.2) is 0 Å². The number of allylic oxidation sites excluding steroid dienone is 14. The fourth-order valence-corrected chi connectivity index (χ4v) is 7.53. The molecule has 0 fully saturated rings. The van der Waals surface area contributed by atoms with Crippen LogP contribution in [0.3, 0.4) is 0 Å². The van der Waals surface area contributed by atoms with Crippen LogP contribution in [0.25, 0.3) is 0 Å². The van der Waals surface area contributed by atoms with Gasteiger partial charge in [0.15, 0.2) is 0 Å². The van der Waals surface area contributed by atoms with E-state index in [0.29, 0.717) is 12.8 Å². The summed E-state index contributed by atoms with van der Waals surface area (Å²) in [5, 5.41) is 0. The van der Waals surface area contributed by atoms with Gasteiger partial charge < -0.3 is 9.47 Å². The Kier molecular flexibility index (Phi) is 70.8. The zero-order valence-electron chi connectivity index (χ0n) is 47.1. The highest BCUT2D eigenvalue weighted by molar-refractivity contribution is 5.70. The lowest BCUT2D eigenvalue weighted by Crippen LogP contribution is -2.13. The first-order valence-corrected chi connectivity index (χ1v) is 29.9. The average molecular weight is 964 g/mol. The van der Waals surface area contributed by atoms with E-state index in [9.17, 15) is 9.59 Å². The molecule has 0 N–H and O–H groups in total. The second-order valence-electron chi connectivity index (χ2n) is 19.1. The van der Waals surface area contributed by atoms with Gasteiger partial charge in [-0.3, -0.25) is 9.59 Å². The van der Waals surface area contributed by atoms with Crippen molar-refractivity contribution in [3.05, 3.63) is 85.1 Å². The predicted molar refractivity (Wildman–Crippen MR) is 309 cm³/mol. The van der Waals surface area contributed by atoms with Crippen LogP contribution in [-0.4, -0.2) is 25.2 Å². The van der Waals surface area contributed by atoms with Crippen LogP contribution in [0.5, 0.6) is 0 Å². The number of carbonyl (C=O) groups is 2. The quantitative estimate of drug-likeness (QED) is 0.0346. The van der Waals surface area contributed by atoms with Gasteiger partial charge in [0.25, 0.3) is 0 Å². The van der Waals surface area contributed by atoms with Gasteiger partial charge in [0.1, 0.15) is 13.2 Å². The maximum absolute atomic E-state index is 11.8. The molecule has 0 aromatic rings. The summed E-state index contributed by atoms with van der Waals surface area (Å²) < 4.78 is 10.3. The molecule has 4 nitrogen and oxygen atoms in total. The second-order valence-corrected chi connectivity index (χ2v) is 19.1. The summed E-state index contributed by atoms with van der Waals surface area (Å²) in [7, 11) is 0. The number of rotatable bonds is 49. The number of unbranched alkanes of at least 4 members (excludes halogenated alkanes) is 29. The van der Waals surface area contributed by atoms with Crippen LogP contribution in [0.1, 0.15) is 305 Å². The molecule has 0 unspecified atom stereocenters. The zero-order valence-corrected chi connectivity index (χ0v) is 47.1. The standard InChI is InChI=1S/C31H54O4.2C17H32/c1-3-5-7-9-11-13-14-15-16-17-18-19-21-23-25-27-31(33)35-29-28-34-30(32)26-24-22-20-12-10-8-6-4-2;2*1-3-5-7-9-11-13-15-17-16-14-12-10-8-6-4-2/h4,6,11,13,15-16H,3,5,7-10,12,14,17-29H2,1-2H3;2*11,13,16-17H,3-10,12,14-15H2,1-2H3/b6-4+,13-11+,16-15+;13-11+,17-16+;13-11-,17-16+. The van der Waals surface area contributed by atoms with Crippen molar-refractivity contribution < 1.29 is 19.1 Å². The zero-order chi connectivity index (χ0) is 50.9. The number of esters is 2. The van der Waals surface area contributed by atoms with Crippen molar-refractivity contribution in [2.24, 2.45) is 0 Å². The molecule has 402 valence electrons. The molecule has 4 heteroatoms. The Bertz CT molecular complexity index is 1140. The molecule has 0 radical (unpaired) electrons. The van der Waals surface area contributed by atoms with Crippen molar-refractivity contribution in [1.82, 2.24) is 0 Å². The predicted octanol–water partition coefficient (Wildman–Crippen LogP) is 22.1. The third-order valence-electron chi connectivity index (χ3n) is 12.0. The van der Waals surface area contributed by atoms with E-state index >= 15 is 0 Å². The Morgan fingerprint density at radius 3 is 0.768 bits per heavy atom. The first-order valence-electron chi connectivity index (χ1n) is 29.9. The minimum Gasteiger partial charge on any atom is -0.462 e. The third kappa shape index (κ3) is 74.2. The molecule has 0 aliphatic rings. The van der Waals surface area contributed by atoms with E-state index in [1.807, 2.05) is 6.92 Å². The van der Waals surface area contributed by atoms with E-state index in [1.165, 1.54) is 180 Å². The largest absolute Gasteiger partial charge is 0.462 e. The van der Waals surface area contributed by atoms with Crippen molar-refractivity contribution in [3.8, 4) is 0 Å². The highest BCUT2D eigenvalue weighted by Gasteiger charge is 2.06. The van der Waals surface area contributed by atoms with E-state index in [4.69, 9.17) is 9.47 Å². The highest BCUT2D eigenvalue weighted by atomic mass is 16.6. The van der Waals surface area contributed by atoms with Gasteiger partial charge in [0.2, 0.25) is 0 Å². The van der Waals surface area contributed by atoms with E-state index in [-0.39, 0.29) is 25.2 Å². The second kappa shape index (κ2) is 69.4. The molecule has 0 saturated heterocycles. The van der Waals surface area contributed by atoms with Crippen molar-refractivity contribution >= 4 is 11.9 Å². The third-order valence-corrected chi connectivity index (χ3v) is 12.0. The normalized spacial score (nSPS) is 11.8. The lowest BCUT2D eigenvalue weighted by atomic mass is 10.1. The fraction of sp³-hybridized carbons (Fsp3) is 0.754. The first kappa shape index (κ1) is 70.4. The summed E-state index contributed by atoms with van der Waals surface area (Å²) in [4.78, 5) is 23.5. The smallest absolute Gasteiger partial charge is 0.305 e. The number of ether oxygens (including phenoxy) is 2. The number of hydrogen-bond acceptors (Lipinski definition) is 4. The molecule has 0 heterocycles. The number of carbonyl (C=O) groups excluding carboxylic acids is 2. The van der Waals surface area contributed by atoms with Crippen LogP contribution in [0, 0.1) is 0 Å². The molecule has 0 spiro atoms. The minimum atomic E-state index is -0.191. The molecular formula is C65H118O4. The lowest BCUT2D eigenvalue weighted by Gasteiger charge is -2.07. The molecular weight excluding hydrogens is 845 g/mol. The molecule has 0 amide bonds. The van der Waals surface area contributed by atoms with Crippen molar-refractivity contribution in [2.75, 3.05) is 13.2 Å². The maximum Gasteiger partial charge on any atom is 0.305 e. The molecule has 0 saturated carbocycles. The summed E-state index contributed by atoms with van der Waals surface area (Å²) in [6.07, 6.45) is 81.7. The van der Waals surface area contributed by atoms with E-state index < -0.39 is 0 Å². The van der Waals surface area contributed by atoms with E-state index in [1.54, 1.807) is 0 Å². The summed E-state index contributed by atoms with van der Waals surface area (Å²) in [6.45, 7) is 13.7. The van der Waals surface area contributed by atoms with E-state index in [2.05, 4.69) is 120 Å². The molecule has 0 atom stereocenters. The van der Waals surface area contributed by atoms with E-state index in [0.717, 1.165) is 70.6 Å². The van der Waals surface area contributed by atoms with Gasteiger partial charge in [-0.05, 0) is 129 Å². The van der Waals surface area contributed by atoms with Gasteiger partial charge in [0, 0.05) is 12.8 Å². The topological polar surface area (TPSA) is 52.6 Å². The van der Waals surface area contributed by atoms with Gasteiger partial charge in [0.05, 0.1) is 0 Å². The molecule has 0 bridgehead atoms. The fourth-order valence-electron chi connectivity index (χ4n) is 7.53. The number of hydrogen-bond donors (Lipinski definition) is 0. The van der Waals surface area contributed by atoms with Crippen molar-refractivity contribution in [1.29, 1.82) is 0 Å². The first-order chi connectivity index (χ1) is 34.0. The molecule has 0 rings (SSSR count). The van der Waals surface area contributed by atoms with Crippen molar-refractivity contribution in [2.45, 2.75) is 305 Å². The van der Waals surface area contributed by atoms with Crippen molar-refractivity contribution in [3.63, 3.8) is 0 Å². The van der Waals surface area contributed by atoms with Crippen LogP contribution in [0.15, 0.2) is 85.1 Å². The van der Waals surface area contributed by atoms with Gasteiger partial charge in [-0.2, -0.15) is 0 Å². The van der Waals surface area contributed by atoms with Crippen LogP contribution in [0.4, 0.5) is 0 Å². The Labute approximate surface area is 432 Å². The lowest BCUT2D eigenvalue weighted by molar-refractivity contribution is -0.152. The van der Waals surface area contributed by atoms with Crippen LogP contribution < -0.4 is 0 Å². The van der Waals surface area contributed by atoms with Gasteiger partial charge in [-0.1, -0.05) is 248 Å². The maximum atomic E-state index is 11.8. The molecule has 0 aromatic carbocycles. The molecule has 0 aliphatic heterocycles. The monoisotopic (exact) mass is 963 g/mol. The summed E-state index contributed by atoms with van der Waals surface area (Å²) in [5.74, 6) is -0.381. The Morgan fingerprint density at radius 2 is 0.493 bits per heavy atom. The molecule has 0 aromatic heterocycles. The minimum absolute atomic E-state index is 0.162. The van der Waals surface area contributed by atoms with Crippen LogP contribution >= 0.6 is 0 Å². The Morgan fingerprint density at radius 1 is 0.275 bits per heavy atom. The van der Waals surface area contributed by atoms with Gasteiger partial charge in [-0.15, -0.1) is 0 Å². The Balaban J connectivity index is -0.00000107. The SMILES string of the molecule is C/C=C/CCCCCCCC(=O)OCCOC(=O)CCCCCCC/C=C/C/C=C/CCCCC.CCCCC/C=C/C/C=C/CCCCCCC.CCCCC/C=C\C/C=C/CCCCCCC. The highest BCUT2D eigenvalue weighted by Crippen LogP contribution is 2.11. The summed E-state index contributed by atoms with van der Waals surface area (Å²) >= 11 is 0. The molecule has 0 aliphatic carbocycles. The van der Waals surface area contributed by atoms with Crippen LogP contribution in [0.2, 0.25) is 0 Å². The Hall–Kier alpha value is -2.88. The van der Waals surface area contributed by atoms with Crippen LogP contribution in [-0.2, 0) is 19.1 Å². The average Bonchev–Trinajstić information content (AvgIpc) is 3.35. The molecule has 69 heavy (non-hydrogen) atoms.